The number of nitrogens with one attached hydrogen (secondary N) is 1. The van der Waals surface area contributed by atoms with E-state index in [9.17, 15) is 0 Å². The summed E-state index contributed by atoms with van der Waals surface area (Å²) in [6.45, 7) is 3.47. The van der Waals surface area contributed by atoms with Crippen molar-refractivity contribution in [2.75, 3.05) is 27.2 Å². The Hall–Kier alpha value is -1.80. The molecule has 1 aliphatic heterocycles. The Morgan fingerprint density at radius 1 is 1.21 bits per heavy atom. The number of likely N-dealkylation sites (N-methyl/N-ethyl adjacent to an activating group) is 1. The fourth-order valence-corrected chi connectivity index (χ4v) is 3.44. The van der Waals surface area contributed by atoms with Gasteiger partial charge >= 0.3 is 0 Å². The van der Waals surface area contributed by atoms with Gasteiger partial charge in [-0.05, 0) is 37.7 Å². The molecule has 28 heavy (non-hydrogen) atoms. The molecule has 0 fully saturated rings. The highest BCUT2D eigenvalue weighted by molar-refractivity contribution is 14.0. The first-order chi connectivity index (χ1) is 13.1. The molecule has 2 aromatic carbocycles. The average Bonchev–Trinajstić information content (AvgIpc) is 2.68. The molecular formula is C22H31IN4O. The van der Waals surface area contributed by atoms with E-state index in [1.165, 1.54) is 11.1 Å². The lowest BCUT2D eigenvalue weighted by atomic mass is 10.0. The first-order valence-electron chi connectivity index (χ1n) is 9.62. The predicted octanol–water partition coefficient (Wildman–Crippen LogP) is 3.90. The summed E-state index contributed by atoms with van der Waals surface area (Å²) in [5, 5.41) is 3.37. The van der Waals surface area contributed by atoms with Crippen molar-refractivity contribution in [2.45, 2.75) is 31.8 Å². The molecule has 0 bridgehead atoms. The minimum atomic E-state index is 0. The van der Waals surface area contributed by atoms with E-state index in [0.29, 0.717) is 19.1 Å². The zero-order valence-corrected chi connectivity index (χ0v) is 19.2. The number of fused-ring (bicyclic) bond motifs is 1. The first-order valence-corrected chi connectivity index (χ1v) is 9.62. The first kappa shape index (κ1) is 22.5. The lowest BCUT2D eigenvalue weighted by Gasteiger charge is -2.27. The third-order valence-corrected chi connectivity index (χ3v) is 5.11. The Bertz CT molecular complexity index is 776. The third-order valence-electron chi connectivity index (χ3n) is 5.11. The van der Waals surface area contributed by atoms with Gasteiger partial charge in [0.2, 0.25) is 0 Å². The van der Waals surface area contributed by atoms with Crippen molar-refractivity contribution in [1.29, 1.82) is 0 Å². The number of aryl methyl sites for hydroxylation is 1. The summed E-state index contributed by atoms with van der Waals surface area (Å²) in [5.74, 6) is 1.41. The van der Waals surface area contributed by atoms with Gasteiger partial charge in [0.15, 0.2) is 5.96 Å². The molecule has 2 atom stereocenters. The summed E-state index contributed by atoms with van der Waals surface area (Å²) in [7, 11) is 4.15. The Labute approximate surface area is 185 Å². The number of hydrogen-bond acceptors (Lipinski definition) is 3. The van der Waals surface area contributed by atoms with E-state index in [4.69, 9.17) is 10.5 Å². The topological polar surface area (TPSA) is 62.9 Å². The molecule has 0 spiro atoms. The number of aliphatic imine (C=N–C) groups is 1. The van der Waals surface area contributed by atoms with Gasteiger partial charge in [-0.2, -0.15) is 0 Å². The maximum atomic E-state index is 6.21. The second-order valence-electron chi connectivity index (χ2n) is 7.17. The zero-order valence-electron chi connectivity index (χ0n) is 16.9. The lowest BCUT2D eigenvalue weighted by Crippen LogP contribution is -2.38. The van der Waals surface area contributed by atoms with Crippen molar-refractivity contribution in [2.24, 2.45) is 10.7 Å². The number of ether oxygens (including phenoxy) is 1. The van der Waals surface area contributed by atoms with Crippen molar-refractivity contribution in [1.82, 2.24) is 10.2 Å². The van der Waals surface area contributed by atoms with Crippen LogP contribution in [0.1, 0.15) is 42.1 Å². The van der Waals surface area contributed by atoms with Crippen LogP contribution in [0.25, 0.3) is 0 Å². The van der Waals surface area contributed by atoms with Crippen LogP contribution in [0, 0.1) is 0 Å². The van der Waals surface area contributed by atoms with Crippen LogP contribution in [0.4, 0.5) is 0 Å². The maximum Gasteiger partial charge on any atom is 0.189 e. The summed E-state index contributed by atoms with van der Waals surface area (Å²) in [4.78, 5) is 6.81. The van der Waals surface area contributed by atoms with E-state index >= 15 is 0 Å². The molecule has 2 unspecified atom stereocenters. The average molecular weight is 494 g/mol. The lowest BCUT2D eigenvalue weighted by molar-refractivity contribution is 0.262. The normalized spacial score (nSPS) is 17.3. The number of para-hydroxylation sites is 1. The molecule has 0 radical (unpaired) electrons. The largest absolute Gasteiger partial charge is 0.493 e. The molecule has 1 aliphatic rings. The number of rotatable bonds is 6. The fraction of sp³-hybridized carbons (Fsp3) is 0.409. The monoisotopic (exact) mass is 494 g/mol. The molecule has 5 nitrogen and oxygen atoms in total. The van der Waals surface area contributed by atoms with Crippen LogP contribution in [-0.2, 0) is 6.42 Å². The molecule has 6 heteroatoms. The number of nitrogens with two attached hydrogens (primary N) is 1. The zero-order chi connectivity index (χ0) is 19.2. The van der Waals surface area contributed by atoms with Crippen LogP contribution >= 0.6 is 24.0 Å². The molecule has 1 heterocycles. The summed E-state index contributed by atoms with van der Waals surface area (Å²) < 4.78 is 5.71. The van der Waals surface area contributed by atoms with Crippen LogP contribution in [0.3, 0.4) is 0 Å². The summed E-state index contributed by atoms with van der Waals surface area (Å²) in [6, 6.07) is 17.2. The van der Waals surface area contributed by atoms with Crippen LogP contribution in [0.2, 0.25) is 0 Å². The molecule has 0 aromatic heterocycles. The van der Waals surface area contributed by atoms with Crippen LogP contribution in [-0.4, -0.2) is 38.1 Å². The van der Waals surface area contributed by atoms with Gasteiger partial charge in [-0.15, -0.1) is 24.0 Å². The molecule has 152 valence electrons. The van der Waals surface area contributed by atoms with E-state index in [2.05, 4.69) is 66.6 Å². The molecular weight excluding hydrogens is 463 g/mol. The highest BCUT2D eigenvalue weighted by atomic mass is 127. The molecule has 0 amide bonds. The molecule has 0 saturated heterocycles. The van der Waals surface area contributed by atoms with E-state index < -0.39 is 0 Å². The van der Waals surface area contributed by atoms with E-state index in [-0.39, 0.29) is 36.1 Å². The predicted molar refractivity (Wildman–Crippen MR) is 127 cm³/mol. The van der Waals surface area contributed by atoms with Gasteiger partial charge in [-0.1, -0.05) is 49.4 Å². The summed E-state index contributed by atoms with van der Waals surface area (Å²) in [5.41, 5.74) is 9.95. The quantitative estimate of drug-likeness (QED) is 0.364. The van der Waals surface area contributed by atoms with Crippen molar-refractivity contribution in [3.05, 3.63) is 65.2 Å². The van der Waals surface area contributed by atoms with Gasteiger partial charge < -0.3 is 20.7 Å². The second kappa shape index (κ2) is 10.7. The van der Waals surface area contributed by atoms with Gasteiger partial charge in [-0.3, -0.25) is 4.99 Å². The number of nitrogens with zero attached hydrogens (tertiary/aromatic N) is 2. The smallest absolute Gasteiger partial charge is 0.189 e. The number of hydrogen-bond donors (Lipinski definition) is 2. The van der Waals surface area contributed by atoms with Crippen molar-refractivity contribution < 1.29 is 4.74 Å². The van der Waals surface area contributed by atoms with E-state index in [0.717, 1.165) is 24.2 Å². The Morgan fingerprint density at radius 2 is 1.93 bits per heavy atom. The van der Waals surface area contributed by atoms with Gasteiger partial charge in [0.1, 0.15) is 5.75 Å². The molecule has 0 saturated carbocycles. The molecule has 3 N–H and O–H groups in total. The number of benzene rings is 2. The molecule has 3 rings (SSSR count). The number of halogens is 1. The van der Waals surface area contributed by atoms with Crippen LogP contribution in [0.5, 0.6) is 5.75 Å². The summed E-state index contributed by atoms with van der Waals surface area (Å²) in [6.07, 6.45) is 1.93. The molecule has 2 aromatic rings. The Balaban J connectivity index is 0.00000280. The van der Waals surface area contributed by atoms with Gasteiger partial charge in [0, 0.05) is 12.0 Å². The fourth-order valence-electron chi connectivity index (χ4n) is 3.44. The summed E-state index contributed by atoms with van der Waals surface area (Å²) >= 11 is 0. The van der Waals surface area contributed by atoms with Crippen molar-refractivity contribution in [3.8, 4) is 5.75 Å². The van der Waals surface area contributed by atoms with E-state index in [1.807, 2.05) is 18.2 Å². The van der Waals surface area contributed by atoms with E-state index in [1.54, 1.807) is 0 Å². The minimum absolute atomic E-state index is 0. The Morgan fingerprint density at radius 3 is 2.61 bits per heavy atom. The maximum absolute atomic E-state index is 6.21. The number of guanidine groups is 1. The second-order valence-corrected chi connectivity index (χ2v) is 7.17. The highest BCUT2D eigenvalue weighted by Gasteiger charge is 2.21. The highest BCUT2D eigenvalue weighted by Crippen LogP contribution is 2.31. The third kappa shape index (κ3) is 5.61. The molecule has 0 aliphatic carbocycles. The van der Waals surface area contributed by atoms with Gasteiger partial charge in [0.05, 0.1) is 25.2 Å². The minimum Gasteiger partial charge on any atom is -0.493 e. The van der Waals surface area contributed by atoms with Crippen LogP contribution < -0.4 is 15.8 Å². The van der Waals surface area contributed by atoms with Crippen molar-refractivity contribution >= 4 is 29.9 Å². The SMILES string of the molecule is CCc1ccc(C(CN=C(N)NC2CCOc3ccccc32)N(C)C)cc1.I. The Kier molecular flexibility index (Phi) is 8.57. The van der Waals surface area contributed by atoms with Gasteiger partial charge in [-0.25, -0.2) is 0 Å². The van der Waals surface area contributed by atoms with Gasteiger partial charge in [0.25, 0.3) is 0 Å². The van der Waals surface area contributed by atoms with Crippen molar-refractivity contribution in [3.63, 3.8) is 0 Å². The van der Waals surface area contributed by atoms with Crippen LogP contribution in [0.15, 0.2) is 53.5 Å². The standard InChI is InChI=1S/C22H30N4O.HI/c1-4-16-9-11-17(12-10-16)20(26(2)3)15-24-22(23)25-19-13-14-27-21-8-6-5-7-18(19)21;/h5-12,19-20H,4,13-15H2,1-3H3,(H3,23,24,25);1H.